The third-order valence-corrected chi connectivity index (χ3v) is 6.26. The molecule has 3 N–H and O–H groups in total. The molecule has 3 aromatic rings. The lowest BCUT2D eigenvalue weighted by molar-refractivity contribution is 0.0963. The maximum Gasteiger partial charge on any atom is 0.407 e. The molecule has 0 radical (unpaired) electrons. The SMILES string of the molecule is CCCCOC(=O)NCCCn1c(Nc2ccc(C(=O)NC)cc2)nc2ccc(N(CC(C)C)CC(C)C)nc21. The van der Waals surface area contributed by atoms with Crippen molar-refractivity contribution in [2.24, 2.45) is 11.8 Å². The number of nitrogens with zero attached hydrogens (tertiary/aromatic N) is 4. The first-order chi connectivity index (χ1) is 19.2. The van der Waals surface area contributed by atoms with Crippen LogP contribution in [0.25, 0.3) is 11.2 Å². The number of ether oxygens (including phenoxy) is 1. The molecule has 0 fully saturated rings. The summed E-state index contributed by atoms with van der Waals surface area (Å²) in [6, 6.07) is 11.3. The van der Waals surface area contributed by atoms with E-state index in [-0.39, 0.29) is 5.91 Å². The van der Waals surface area contributed by atoms with Crippen LogP contribution in [-0.2, 0) is 11.3 Å². The number of pyridine rings is 1. The number of alkyl carbamates (subject to hydrolysis) is 1. The number of hydrogen-bond acceptors (Lipinski definition) is 7. The van der Waals surface area contributed by atoms with E-state index in [2.05, 4.69) is 60.0 Å². The van der Waals surface area contributed by atoms with Crippen molar-refractivity contribution in [1.29, 1.82) is 0 Å². The van der Waals surface area contributed by atoms with Crippen LogP contribution in [0.5, 0.6) is 0 Å². The third-order valence-electron chi connectivity index (χ3n) is 6.26. The van der Waals surface area contributed by atoms with Crippen LogP contribution in [0.4, 0.5) is 22.2 Å². The molecule has 10 heteroatoms. The number of imidazole rings is 1. The fourth-order valence-corrected chi connectivity index (χ4v) is 4.38. The molecule has 2 heterocycles. The number of anilines is 3. The van der Waals surface area contributed by atoms with E-state index in [0.29, 0.717) is 49.5 Å². The van der Waals surface area contributed by atoms with Gasteiger partial charge in [0.15, 0.2) is 5.65 Å². The zero-order valence-corrected chi connectivity index (χ0v) is 24.8. The number of benzene rings is 1. The Morgan fingerprint density at radius 3 is 2.30 bits per heavy atom. The molecular weight excluding hydrogens is 506 g/mol. The van der Waals surface area contributed by atoms with Crippen LogP contribution < -0.4 is 20.9 Å². The topological polar surface area (TPSA) is 113 Å². The Bertz CT molecular complexity index is 1230. The van der Waals surface area contributed by atoms with E-state index in [4.69, 9.17) is 14.7 Å². The van der Waals surface area contributed by atoms with Gasteiger partial charge in [0.2, 0.25) is 5.95 Å². The molecule has 0 aliphatic heterocycles. The number of nitrogens with one attached hydrogen (secondary N) is 3. The number of aromatic nitrogens is 3. The molecule has 3 rings (SSSR count). The number of hydrogen-bond donors (Lipinski definition) is 3. The summed E-state index contributed by atoms with van der Waals surface area (Å²) in [5.74, 6) is 2.44. The normalized spacial score (nSPS) is 11.2. The van der Waals surface area contributed by atoms with Gasteiger partial charge in [-0.25, -0.2) is 14.8 Å². The van der Waals surface area contributed by atoms with E-state index >= 15 is 0 Å². The molecular formula is C30H45N7O3. The number of fused-ring (bicyclic) bond motifs is 1. The lowest BCUT2D eigenvalue weighted by atomic mass is 10.1. The van der Waals surface area contributed by atoms with Crippen molar-refractivity contribution < 1.29 is 14.3 Å². The summed E-state index contributed by atoms with van der Waals surface area (Å²) in [5.41, 5.74) is 2.96. The first-order valence-electron chi connectivity index (χ1n) is 14.3. The summed E-state index contributed by atoms with van der Waals surface area (Å²) in [4.78, 5) is 36.2. The minimum atomic E-state index is -0.392. The van der Waals surface area contributed by atoms with E-state index in [1.54, 1.807) is 19.2 Å². The zero-order valence-electron chi connectivity index (χ0n) is 24.8. The smallest absolute Gasteiger partial charge is 0.407 e. The Balaban J connectivity index is 1.87. The van der Waals surface area contributed by atoms with Crippen molar-refractivity contribution in [1.82, 2.24) is 25.2 Å². The van der Waals surface area contributed by atoms with Gasteiger partial charge >= 0.3 is 6.09 Å². The highest BCUT2D eigenvalue weighted by atomic mass is 16.5. The number of amides is 2. The summed E-state index contributed by atoms with van der Waals surface area (Å²) < 4.78 is 7.26. The Kier molecular flexibility index (Phi) is 11.6. The fourth-order valence-electron chi connectivity index (χ4n) is 4.38. The Labute approximate surface area is 237 Å². The number of carbonyl (C=O) groups is 2. The highest BCUT2D eigenvalue weighted by Crippen LogP contribution is 2.26. The van der Waals surface area contributed by atoms with Crippen LogP contribution in [-0.4, -0.2) is 59.8 Å². The predicted octanol–water partition coefficient (Wildman–Crippen LogP) is 5.57. The highest BCUT2D eigenvalue weighted by molar-refractivity contribution is 5.94. The van der Waals surface area contributed by atoms with Crippen molar-refractivity contribution in [2.75, 3.05) is 43.5 Å². The molecule has 0 bridgehead atoms. The zero-order chi connectivity index (χ0) is 29.1. The largest absolute Gasteiger partial charge is 0.450 e. The van der Waals surface area contributed by atoms with Gasteiger partial charge in [0, 0.05) is 44.5 Å². The summed E-state index contributed by atoms with van der Waals surface area (Å²) >= 11 is 0. The summed E-state index contributed by atoms with van der Waals surface area (Å²) in [6.07, 6.45) is 2.11. The van der Waals surface area contributed by atoms with E-state index in [1.807, 2.05) is 24.3 Å². The fraction of sp³-hybridized carbons (Fsp3) is 0.533. The monoisotopic (exact) mass is 551 g/mol. The average Bonchev–Trinajstić information content (AvgIpc) is 3.26. The Hall–Kier alpha value is -3.82. The van der Waals surface area contributed by atoms with Gasteiger partial charge in [0.05, 0.1) is 6.61 Å². The molecule has 10 nitrogen and oxygen atoms in total. The summed E-state index contributed by atoms with van der Waals surface area (Å²) in [7, 11) is 1.61. The Morgan fingerprint density at radius 1 is 0.975 bits per heavy atom. The molecule has 0 saturated heterocycles. The molecule has 0 spiro atoms. The molecule has 0 aliphatic carbocycles. The molecule has 0 aliphatic rings. The first-order valence-corrected chi connectivity index (χ1v) is 14.3. The van der Waals surface area contributed by atoms with Crippen LogP contribution in [0.1, 0.15) is 64.2 Å². The maximum atomic E-state index is 12.0. The molecule has 40 heavy (non-hydrogen) atoms. The van der Waals surface area contributed by atoms with Crippen LogP contribution >= 0.6 is 0 Å². The van der Waals surface area contributed by atoms with Gasteiger partial charge in [-0.15, -0.1) is 0 Å². The molecule has 0 atom stereocenters. The quantitative estimate of drug-likeness (QED) is 0.212. The van der Waals surface area contributed by atoms with Gasteiger partial charge in [-0.3, -0.25) is 9.36 Å². The van der Waals surface area contributed by atoms with Crippen LogP contribution in [0.2, 0.25) is 0 Å². The van der Waals surface area contributed by atoms with Crippen LogP contribution in [0, 0.1) is 11.8 Å². The van der Waals surface area contributed by atoms with Gasteiger partial charge in [0.1, 0.15) is 11.3 Å². The average molecular weight is 552 g/mol. The van der Waals surface area contributed by atoms with Gasteiger partial charge in [-0.2, -0.15) is 0 Å². The van der Waals surface area contributed by atoms with E-state index in [0.717, 1.165) is 48.6 Å². The predicted molar refractivity (Wildman–Crippen MR) is 161 cm³/mol. The molecule has 0 saturated carbocycles. The van der Waals surface area contributed by atoms with Gasteiger partial charge in [-0.1, -0.05) is 41.0 Å². The van der Waals surface area contributed by atoms with E-state index in [9.17, 15) is 9.59 Å². The van der Waals surface area contributed by atoms with Gasteiger partial charge in [0.25, 0.3) is 5.91 Å². The van der Waals surface area contributed by atoms with Crippen LogP contribution in [0.3, 0.4) is 0 Å². The van der Waals surface area contributed by atoms with E-state index < -0.39 is 6.09 Å². The third kappa shape index (κ3) is 8.86. The summed E-state index contributed by atoms with van der Waals surface area (Å²) in [6.45, 7) is 14.2. The second-order valence-corrected chi connectivity index (χ2v) is 10.8. The van der Waals surface area contributed by atoms with Crippen molar-refractivity contribution in [3.05, 3.63) is 42.0 Å². The number of carbonyl (C=O) groups excluding carboxylic acids is 2. The van der Waals surface area contributed by atoms with Gasteiger partial charge < -0.3 is 25.6 Å². The Morgan fingerprint density at radius 2 is 1.68 bits per heavy atom. The first kappa shape index (κ1) is 30.7. The second-order valence-electron chi connectivity index (χ2n) is 10.8. The van der Waals surface area contributed by atoms with E-state index in [1.165, 1.54) is 0 Å². The number of unbranched alkanes of at least 4 members (excludes halogenated alkanes) is 1. The molecule has 0 unspecified atom stereocenters. The number of aryl methyl sites for hydroxylation is 1. The molecule has 2 amide bonds. The molecule has 218 valence electrons. The highest BCUT2D eigenvalue weighted by Gasteiger charge is 2.17. The lowest BCUT2D eigenvalue weighted by Gasteiger charge is -2.27. The molecule has 2 aromatic heterocycles. The van der Waals surface area contributed by atoms with Gasteiger partial charge in [-0.05, 0) is 61.1 Å². The minimum absolute atomic E-state index is 0.136. The summed E-state index contributed by atoms with van der Waals surface area (Å²) in [5, 5.41) is 8.87. The van der Waals surface area contributed by atoms with Crippen molar-refractivity contribution >= 4 is 40.6 Å². The van der Waals surface area contributed by atoms with Crippen molar-refractivity contribution in [3.8, 4) is 0 Å². The van der Waals surface area contributed by atoms with Crippen LogP contribution in [0.15, 0.2) is 36.4 Å². The minimum Gasteiger partial charge on any atom is -0.450 e. The van der Waals surface area contributed by atoms with Crippen molar-refractivity contribution in [2.45, 2.75) is 60.4 Å². The number of rotatable bonds is 15. The standard InChI is InChI=1S/C30H45N7O3/c1-7-8-18-40-30(39)32-16-9-17-37-27-25(14-15-26(35-27)36(19-21(2)3)20-22(4)5)34-29(37)33-24-12-10-23(11-13-24)28(38)31-6/h10-15,21-22H,7-9,16-20H2,1-6H3,(H,31,38)(H,32,39)(H,33,34). The van der Waals surface area contributed by atoms with Crippen molar-refractivity contribution in [3.63, 3.8) is 0 Å². The maximum absolute atomic E-state index is 12.0. The second kappa shape index (κ2) is 15.1. The molecule has 1 aromatic carbocycles. The lowest BCUT2D eigenvalue weighted by Crippen LogP contribution is -2.32.